The predicted molar refractivity (Wildman–Crippen MR) is 100 cm³/mol. The van der Waals surface area contributed by atoms with Gasteiger partial charge in [0.2, 0.25) is 0 Å². The molecule has 0 bridgehead atoms. The molecule has 1 aliphatic heterocycles. The Kier molecular flexibility index (Phi) is 6.99. The molecule has 0 aliphatic carbocycles. The third-order valence-corrected chi connectivity index (χ3v) is 4.31. The third-order valence-electron chi connectivity index (χ3n) is 4.31. The van der Waals surface area contributed by atoms with Gasteiger partial charge < -0.3 is 16.0 Å². The number of amides is 1. The summed E-state index contributed by atoms with van der Waals surface area (Å²) >= 11 is 0. The Balaban J connectivity index is 1.91. The average molecular weight is 341 g/mol. The van der Waals surface area contributed by atoms with E-state index < -0.39 is 0 Å². The molecule has 0 spiro atoms. The number of hydrogen-bond donors (Lipinski definition) is 3. The Labute approximate surface area is 149 Å². The van der Waals surface area contributed by atoms with Crippen molar-refractivity contribution in [3.8, 4) is 6.07 Å². The SMILES string of the molecule is Cc1cc(C)c(NC(=O)/C(C#N)=C\NCCN2CCNCC2)c(C)c1. The minimum Gasteiger partial charge on any atom is -0.388 e. The van der Waals surface area contributed by atoms with E-state index in [2.05, 4.69) is 20.9 Å². The van der Waals surface area contributed by atoms with Gasteiger partial charge in [0.15, 0.2) is 0 Å². The maximum atomic E-state index is 12.4. The van der Waals surface area contributed by atoms with Gasteiger partial charge in [-0.15, -0.1) is 0 Å². The van der Waals surface area contributed by atoms with E-state index in [1.807, 2.05) is 39.0 Å². The molecule has 2 rings (SSSR count). The quantitative estimate of drug-likeness (QED) is 0.415. The Bertz CT molecular complexity index is 661. The van der Waals surface area contributed by atoms with Crippen LogP contribution in [0.2, 0.25) is 0 Å². The predicted octanol–water partition coefficient (Wildman–Crippen LogP) is 1.45. The number of carbonyl (C=O) groups is 1. The first-order valence-corrected chi connectivity index (χ1v) is 8.67. The zero-order valence-electron chi connectivity index (χ0n) is 15.3. The van der Waals surface area contributed by atoms with Gasteiger partial charge in [0.1, 0.15) is 11.6 Å². The van der Waals surface area contributed by atoms with Crippen LogP contribution in [-0.2, 0) is 4.79 Å². The molecule has 1 aromatic rings. The van der Waals surface area contributed by atoms with Crippen LogP contribution in [0.25, 0.3) is 0 Å². The topological polar surface area (TPSA) is 80.2 Å². The average Bonchev–Trinajstić information content (AvgIpc) is 2.59. The number of nitrogens with zero attached hydrogens (tertiary/aromatic N) is 2. The fraction of sp³-hybridized carbons (Fsp3) is 0.474. The highest BCUT2D eigenvalue weighted by molar-refractivity contribution is 6.07. The van der Waals surface area contributed by atoms with E-state index in [1.54, 1.807) is 0 Å². The molecule has 134 valence electrons. The fourth-order valence-electron chi connectivity index (χ4n) is 3.04. The first-order chi connectivity index (χ1) is 12.0. The van der Waals surface area contributed by atoms with Gasteiger partial charge in [-0.3, -0.25) is 9.69 Å². The highest BCUT2D eigenvalue weighted by Gasteiger charge is 2.13. The highest BCUT2D eigenvalue weighted by atomic mass is 16.1. The number of rotatable bonds is 6. The van der Waals surface area contributed by atoms with Crippen LogP contribution in [0.1, 0.15) is 16.7 Å². The summed E-state index contributed by atoms with van der Waals surface area (Å²) in [6.45, 7) is 11.6. The molecule has 1 amide bonds. The number of benzene rings is 1. The molecule has 1 saturated heterocycles. The lowest BCUT2D eigenvalue weighted by Gasteiger charge is -2.26. The van der Waals surface area contributed by atoms with Gasteiger partial charge in [-0.1, -0.05) is 17.7 Å². The van der Waals surface area contributed by atoms with Crippen molar-refractivity contribution >= 4 is 11.6 Å². The fourth-order valence-corrected chi connectivity index (χ4v) is 3.04. The second-order valence-corrected chi connectivity index (χ2v) is 6.44. The van der Waals surface area contributed by atoms with E-state index in [1.165, 1.54) is 6.20 Å². The number of hydrogen-bond acceptors (Lipinski definition) is 5. The summed E-state index contributed by atoms with van der Waals surface area (Å²) in [5.74, 6) is -0.382. The molecule has 25 heavy (non-hydrogen) atoms. The van der Waals surface area contributed by atoms with Gasteiger partial charge in [0.05, 0.1) is 0 Å². The number of nitriles is 1. The largest absolute Gasteiger partial charge is 0.388 e. The first-order valence-electron chi connectivity index (χ1n) is 8.67. The molecule has 6 heteroatoms. The molecule has 0 aromatic heterocycles. The molecule has 0 atom stereocenters. The minimum absolute atomic E-state index is 0.0830. The Morgan fingerprint density at radius 3 is 2.52 bits per heavy atom. The van der Waals surface area contributed by atoms with Gasteiger partial charge in [-0.2, -0.15) is 5.26 Å². The lowest BCUT2D eigenvalue weighted by Crippen LogP contribution is -2.45. The van der Waals surface area contributed by atoms with Crippen LogP contribution in [0.3, 0.4) is 0 Å². The lowest BCUT2D eigenvalue weighted by molar-refractivity contribution is -0.112. The Hall–Kier alpha value is -2.36. The number of anilines is 1. The summed E-state index contributed by atoms with van der Waals surface area (Å²) in [6.07, 6.45) is 1.51. The van der Waals surface area contributed by atoms with Crippen molar-refractivity contribution in [1.82, 2.24) is 15.5 Å². The van der Waals surface area contributed by atoms with Gasteiger partial charge in [-0.05, 0) is 31.9 Å². The van der Waals surface area contributed by atoms with Crippen molar-refractivity contribution in [1.29, 1.82) is 5.26 Å². The van der Waals surface area contributed by atoms with Crippen molar-refractivity contribution < 1.29 is 4.79 Å². The smallest absolute Gasteiger partial charge is 0.267 e. The summed E-state index contributed by atoms with van der Waals surface area (Å²) in [5.41, 5.74) is 4.00. The van der Waals surface area contributed by atoms with Crippen molar-refractivity contribution in [3.63, 3.8) is 0 Å². The van der Waals surface area contributed by atoms with Gasteiger partial charge in [0.25, 0.3) is 5.91 Å². The number of piperazine rings is 1. The maximum Gasteiger partial charge on any atom is 0.267 e. The van der Waals surface area contributed by atoms with Crippen LogP contribution >= 0.6 is 0 Å². The molecule has 6 nitrogen and oxygen atoms in total. The van der Waals surface area contributed by atoms with Crippen molar-refractivity contribution in [2.24, 2.45) is 0 Å². The summed E-state index contributed by atoms with van der Waals surface area (Å²) < 4.78 is 0. The van der Waals surface area contributed by atoms with Crippen LogP contribution in [0.15, 0.2) is 23.9 Å². The number of nitrogens with one attached hydrogen (secondary N) is 3. The molecule has 1 aromatic carbocycles. The summed E-state index contributed by atoms with van der Waals surface area (Å²) in [4.78, 5) is 14.7. The number of aryl methyl sites for hydroxylation is 3. The van der Waals surface area contributed by atoms with Crippen LogP contribution in [0.4, 0.5) is 5.69 Å². The van der Waals surface area contributed by atoms with E-state index in [-0.39, 0.29) is 11.5 Å². The molecule has 0 saturated carbocycles. The standard InChI is InChI=1S/C19H27N5O/c1-14-10-15(2)18(16(3)11-14)23-19(25)17(12-20)13-22-6-9-24-7-4-21-5-8-24/h10-11,13,21-22H,4-9H2,1-3H3,(H,23,25)/b17-13-. The zero-order valence-corrected chi connectivity index (χ0v) is 15.3. The summed E-state index contributed by atoms with van der Waals surface area (Å²) in [5, 5.41) is 18.5. The van der Waals surface area contributed by atoms with Gasteiger partial charge in [0, 0.05) is 51.2 Å². The lowest BCUT2D eigenvalue weighted by atomic mass is 10.0. The molecule has 0 unspecified atom stereocenters. The van der Waals surface area contributed by atoms with Gasteiger partial charge >= 0.3 is 0 Å². The summed E-state index contributed by atoms with van der Waals surface area (Å²) in [6, 6.07) is 6.01. The van der Waals surface area contributed by atoms with E-state index >= 15 is 0 Å². The molecular formula is C19H27N5O. The Morgan fingerprint density at radius 2 is 1.92 bits per heavy atom. The van der Waals surface area contributed by atoms with E-state index in [0.717, 1.165) is 55.1 Å². The van der Waals surface area contributed by atoms with E-state index in [9.17, 15) is 10.1 Å². The van der Waals surface area contributed by atoms with Crippen molar-refractivity contribution in [2.45, 2.75) is 20.8 Å². The molecule has 1 heterocycles. The van der Waals surface area contributed by atoms with Crippen molar-refractivity contribution in [3.05, 3.63) is 40.6 Å². The van der Waals surface area contributed by atoms with Crippen LogP contribution in [0, 0.1) is 32.1 Å². The maximum absolute atomic E-state index is 12.4. The van der Waals surface area contributed by atoms with Crippen LogP contribution in [-0.4, -0.2) is 50.1 Å². The van der Waals surface area contributed by atoms with Crippen molar-refractivity contribution in [2.75, 3.05) is 44.6 Å². The molecule has 3 N–H and O–H groups in total. The zero-order chi connectivity index (χ0) is 18.2. The second-order valence-electron chi connectivity index (χ2n) is 6.44. The molecule has 1 fully saturated rings. The Morgan fingerprint density at radius 1 is 1.28 bits per heavy atom. The molecule has 1 aliphatic rings. The normalized spacial score (nSPS) is 15.5. The second kappa shape index (κ2) is 9.21. The van der Waals surface area contributed by atoms with Gasteiger partial charge in [-0.25, -0.2) is 0 Å². The minimum atomic E-state index is -0.382. The highest BCUT2D eigenvalue weighted by Crippen LogP contribution is 2.22. The summed E-state index contributed by atoms with van der Waals surface area (Å²) in [7, 11) is 0. The third kappa shape index (κ3) is 5.59. The monoisotopic (exact) mass is 341 g/mol. The number of carbonyl (C=O) groups excluding carboxylic acids is 1. The van der Waals surface area contributed by atoms with E-state index in [4.69, 9.17) is 0 Å². The molecule has 0 radical (unpaired) electrons. The van der Waals surface area contributed by atoms with Crippen LogP contribution < -0.4 is 16.0 Å². The first kappa shape index (κ1) is 19.0. The van der Waals surface area contributed by atoms with Crippen LogP contribution in [0.5, 0.6) is 0 Å². The molecular weight excluding hydrogens is 314 g/mol. The van der Waals surface area contributed by atoms with E-state index in [0.29, 0.717) is 6.54 Å².